The quantitative estimate of drug-likeness (QED) is 0.546. The standard InChI is InChI=1S/C20H21N3O6/c1-13-4-6-17(28-3)14(8-13)10-21(2)19(24)11-22-16-9-15(23(26)27)5-7-18(16)29-12-20(22)25/h4-9H,10-12H2,1-3H3. The number of non-ortho nitro benzene ring substituents is 1. The summed E-state index contributed by atoms with van der Waals surface area (Å²) in [6.45, 7) is 1.76. The minimum absolute atomic E-state index is 0.183. The molecular weight excluding hydrogens is 378 g/mol. The molecule has 1 heterocycles. The van der Waals surface area contributed by atoms with Crippen molar-refractivity contribution in [1.82, 2.24) is 4.90 Å². The molecule has 9 heteroatoms. The number of fused-ring (bicyclic) bond motifs is 1. The first kappa shape index (κ1) is 20.1. The van der Waals surface area contributed by atoms with Gasteiger partial charge in [0.15, 0.2) is 6.61 Å². The van der Waals surface area contributed by atoms with Crippen LogP contribution in [0.25, 0.3) is 0 Å². The summed E-state index contributed by atoms with van der Waals surface area (Å²) in [5.74, 6) is 0.235. The molecule has 0 saturated heterocycles. The molecule has 1 aliphatic heterocycles. The van der Waals surface area contributed by atoms with Crippen molar-refractivity contribution in [1.29, 1.82) is 0 Å². The molecule has 0 saturated carbocycles. The van der Waals surface area contributed by atoms with Gasteiger partial charge in [-0.2, -0.15) is 0 Å². The Hall–Kier alpha value is -3.62. The van der Waals surface area contributed by atoms with Crippen LogP contribution in [0.5, 0.6) is 11.5 Å². The Morgan fingerprint density at radius 1 is 1.31 bits per heavy atom. The monoisotopic (exact) mass is 399 g/mol. The zero-order chi connectivity index (χ0) is 21.1. The lowest BCUT2D eigenvalue weighted by Gasteiger charge is -2.30. The maximum Gasteiger partial charge on any atom is 0.271 e. The van der Waals surface area contributed by atoms with Crippen LogP contribution in [0.4, 0.5) is 11.4 Å². The van der Waals surface area contributed by atoms with Gasteiger partial charge in [-0.25, -0.2) is 0 Å². The van der Waals surface area contributed by atoms with E-state index in [0.717, 1.165) is 11.1 Å². The summed E-state index contributed by atoms with van der Waals surface area (Å²) in [6, 6.07) is 9.65. The van der Waals surface area contributed by atoms with Gasteiger partial charge < -0.3 is 14.4 Å². The summed E-state index contributed by atoms with van der Waals surface area (Å²) >= 11 is 0. The number of amides is 2. The fraction of sp³-hybridized carbons (Fsp3) is 0.300. The number of rotatable bonds is 6. The van der Waals surface area contributed by atoms with Crippen LogP contribution in [0.15, 0.2) is 36.4 Å². The number of carbonyl (C=O) groups excluding carboxylic acids is 2. The highest BCUT2D eigenvalue weighted by atomic mass is 16.6. The minimum Gasteiger partial charge on any atom is -0.496 e. The molecule has 2 aromatic carbocycles. The lowest BCUT2D eigenvalue weighted by Crippen LogP contribution is -2.45. The fourth-order valence-electron chi connectivity index (χ4n) is 3.11. The Balaban J connectivity index is 1.80. The van der Waals surface area contributed by atoms with E-state index >= 15 is 0 Å². The lowest BCUT2D eigenvalue weighted by atomic mass is 10.1. The van der Waals surface area contributed by atoms with Gasteiger partial charge in [-0.05, 0) is 19.1 Å². The predicted octanol–water partition coefficient (Wildman–Crippen LogP) is 2.30. The second kappa shape index (κ2) is 8.17. The van der Waals surface area contributed by atoms with Crippen molar-refractivity contribution in [2.24, 2.45) is 0 Å². The average molecular weight is 399 g/mol. The number of methoxy groups -OCH3 is 1. The molecule has 2 aromatic rings. The number of hydrogen-bond donors (Lipinski definition) is 0. The van der Waals surface area contributed by atoms with Crippen molar-refractivity contribution in [3.63, 3.8) is 0 Å². The third-order valence-electron chi connectivity index (χ3n) is 4.66. The number of anilines is 1. The number of hydrogen-bond acceptors (Lipinski definition) is 6. The zero-order valence-electron chi connectivity index (χ0n) is 16.4. The van der Waals surface area contributed by atoms with Gasteiger partial charge in [-0.15, -0.1) is 0 Å². The normalized spacial score (nSPS) is 12.8. The number of benzene rings is 2. The lowest BCUT2D eigenvalue weighted by molar-refractivity contribution is -0.384. The molecule has 0 aromatic heterocycles. The third-order valence-corrected chi connectivity index (χ3v) is 4.66. The van der Waals surface area contributed by atoms with E-state index in [4.69, 9.17) is 9.47 Å². The predicted molar refractivity (Wildman–Crippen MR) is 105 cm³/mol. The van der Waals surface area contributed by atoms with Crippen LogP contribution in [-0.4, -0.2) is 48.9 Å². The number of aryl methyl sites for hydroxylation is 1. The Morgan fingerprint density at radius 2 is 2.07 bits per heavy atom. The number of nitrogens with zero attached hydrogens (tertiary/aromatic N) is 3. The number of nitro benzene ring substituents is 1. The van der Waals surface area contributed by atoms with Crippen molar-refractivity contribution >= 4 is 23.2 Å². The maximum absolute atomic E-state index is 12.8. The number of likely N-dealkylation sites (N-methyl/N-ethyl adjacent to an activating group) is 1. The molecule has 0 radical (unpaired) electrons. The molecule has 3 rings (SSSR count). The summed E-state index contributed by atoms with van der Waals surface area (Å²) in [5.41, 5.74) is 1.90. The van der Waals surface area contributed by atoms with Gasteiger partial charge in [0.2, 0.25) is 5.91 Å². The molecule has 9 nitrogen and oxygen atoms in total. The SMILES string of the molecule is COc1ccc(C)cc1CN(C)C(=O)CN1C(=O)COc2ccc([N+](=O)[O-])cc21. The Kier molecular flexibility index (Phi) is 5.67. The molecule has 0 atom stereocenters. The summed E-state index contributed by atoms with van der Waals surface area (Å²) in [7, 11) is 3.19. The van der Waals surface area contributed by atoms with Crippen molar-refractivity contribution in [2.75, 3.05) is 32.2 Å². The fourth-order valence-corrected chi connectivity index (χ4v) is 3.11. The zero-order valence-corrected chi connectivity index (χ0v) is 16.4. The molecule has 0 unspecified atom stereocenters. The van der Waals surface area contributed by atoms with Crippen molar-refractivity contribution in [3.05, 3.63) is 57.6 Å². The van der Waals surface area contributed by atoms with Gasteiger partial charge in [0.25, 0.3) is 11.6 Å². The molecule has 29 heavy (non-hydrogen) atoms. The van der Waals surface area contributed by atoms with Crippen molar-refractivity contribution < 1.29 is 24.0 Å². The first-order chi connectivity index (χ1) is 13.8. The van der Waals surface area contributed by atoms with Gasteiger partial charge in [-0.3, -0.25) is 24.6 Å². The first-order valence-corrected chi connectivity index (χ1v) is 8.89. The van der Waals surface area contributed by atoms with Crippen LogP contribution < -0.4 is 14.4 Å². The van der Waals surface area contributed by atoms with E-state index in [9.17, 15) is 19.7 Å². The van der Waals surface area contributed by atoms with Crippen LogP contribution in [0.1, 0.15) is 11.1 Å². The van der Waals surface area contributed by atoms with E-state index < -0.39 is 10.8 Å². The van der Waals surface area contributed by atoms with Crippen LogP contribution in [-0.2, 0) is 16.1 Å². The second-order valence-corrected chi connectivity index (χ2v) is 6.74. The van der Waals surface area contributed by atoms with Gasteiger partial charge in [0.1, 0.15) is 18.0 Å². The Labute approximate surface area is 167 Å². The van der Waals surface area contributed by atoms with Crippen molar-refractivity contribution in [2.45, 2.75) is 13.5 Å². The van der Waals surface area contributed by atoms with Gasteiger partial charge in [0, 0.05) is 31.3 Å². The molecule has 0 aliphatic carbocycles. The molecule has 0 N–H and O–H groups in total. The largest absolute Gasteiger partial charge is 0.496 e. The van der Waals surface area contributed by atoms with E-state index in [1.54, 1.807) is 14.2 Å². The number of carbonyl (C=O) groups is 2. The van der Waals surface area contributed by atoms with Gasteiger partial charge in [-0.1, -0.05) is 17.7 Å². The van der Waals surface area contributed by atoms with Crippen LogP contribution in [0.2, 0.25) is 0 Å². The van der Waals surface area contributed by atoms with E-state index in [2.05, 4.69) is 0 Å². The number of ether oxygens (including phenoxy) is 2. The summed E-state index contributed by atoms with van der Waals surface area (Å²) < 4.78 is 10.7. The smallest absolute Gasteiger partial charge is 0.271 e. The van der Waals surface area contributed by atoms with E-state index in [1.807, 2.05) is 25.1 Å². The molecule has 1 aliphatic rings. The van der Waals surface area contributed by atoms with Crippen LogP contribution in [0.3, 0.4) is 0 Å². The van der Waals surface area contributed by atoms with E-state index in [0.29, 0.717) is 18.0 Å². The summed E-state index contributed by atoms with van der Waals surface area (Å²) in [5, 5.41) is 11.1. The maximum atomic E-state index is 12.8. The molecule has 2 amide bonds. The van der Waals surface area contributed by atoms with Gasteiger partial charge >= 0.3 is 0 Å². The third kappa shape index (κ3) is 4.29. The average Bonchev–Trinajstić information content (AvgIpc) is 2.69. The first-order valence-electron chi connectivity index (χ1n) is 8.89. The van der Waals surface area contributed by atoms with E-state index in [-0.39, 0.29) is 30.4 Å². The highest BCUT2D eigenvalue weighted by Gasteiger charge is 2.30. The number of nitro groups is 1. The Morgan fingerprint density at radius 3 is 2.76 bits per heavy atom. The minimum atomic E-state index is -0.560. The summed E-state index contributed by atoms with van der Waals surface area (Å²) in [4.78, 5) is 38.3. The molecule has 152 valence electrons. The molecular formula is C20H21N3O6. The molecule has 0 spiro atoms. The molecule has 0 bridgehead atoms. The van der Waals surface area contributed by atoms with E-state index in [1.165, 1.54) is 28.0 Å². The van der Waals surface area contributed by atoms with Gasteiger partial charge in [0.05, 0.1) is 17.7 Å². The Bertz CT molecular complexity index is 975. The summed E-state index contributed by atoms with van der Waals surface area (Å²) in [6.07, 6.45) is 0. The van der Waals surface area contributed by atoms with Crippen LogP contribution in [0, 0.1) is 17.0 Å². The van der Waals surface area contributed by atoms with Crippen LogP contribution >= 0.6 is 0 Å². The molecule has 0 fully saturated rings. The highest BCUT2D eigenvalue weighted by molar-refractivity contribution is 6.02. The topological polar surface area (TPSA) is 102 Å². The second-order valence-electron chi connectivity index (χ2n) is 6.74. The highest BCUT2D eigenvalue weighted by Crippen LogP contribution is 2.35. The van der Waals surface area contributed by atoms with Crippen molar-refractivity contribution in [3.8, 4) is 11.5 Å².